The molecule has 2 fully saturated rings. The monoisotopic (exact) mass is 251 g/mol. The molecule has 7 heteroatoms. The highest BCUT2D eigenvalue weighted by Gasteiger charge is 2.52. The average molecular weight is 251 g/mol. The first-order valence-corrected chi connectivity index (χ1v) is 5.39. The maximum Gasteiger partial charge on any atom is 0.471 e. The summed E-state index contributed by atoms with van der Waals surface area (Å²) in [7, 11) is 0. The summed E-state index contributed by atoms with van der Waals surface area (Å²) in [4.78, 5) is 21.5. The molecule has 2 saturated carbocycles. The Bertz CT molecular complexity index is 355. The molecule has 0 aromatic heterocycles. The smallest absolute Gasteiger partial charge is 0.471 e. The van der Waals surface area contributed by atoms with Gasteiger partial charge in [-0.05, 0) is 31.1 Å². The highest BCUT2D eigenvalue weighted by atomic mass is 19.4. The largest absolute Gasteiger partial charge is 0.481 e. The first kappa shape index (κ1) is 12.2. The number of rotatable bonds is 2. The quantitative estimate of drug-likeness (QED) is 0.774. The second-order valence-corrected chi connectivity index (χ2v) is 4.74. The number of hydrogen-bond donors (Lipinski definition) is 2. The van der Waals surface area contributed by atoms with Crippen molar-refractivity contribution in [1.29, 1.82) is 0 Å². The molecule has 2 aliphatic rings. The van der Waals surface area contributed by atoms with Gasteiger partial charge >= 0.3 is 18.1 Å². The predicted molar refractivity (Wildman–Crippen MR) is 49.9 cm³/mol. The Morgan fingerprint density at radius 3 is 2.35 bits per heavy atom. The zero-order valence-electron chi connectivity index (χ0n) is 8.83. The van der Waals surface area contributed by atoms with Gasteiger partial charge in [-0.25, -0.2) is 0 Å². The van der Waals surface area contributed by atoms with E-state index in [0.29, 0.717) is 19.3 Å². The summed E-state index contributed by atoms with van der Waals surface area (Å²) in [5, 5.41) is 10.7. The lowest BCUT2D eigenvalue weighted by atomic mass is 9.71. The van der Waals surface area contributed by atoms with Gasteiger partial charge in [0.05, 0.1) is 5.92 Å². The molecule has 2 aliphatic carbocycles. The van der Waals surface area contributed by atoms with E-state index in [2.05, 4.69) is 0 Å². The van der Waals surface area contributed by atoms with E-state index >= 15 is 0 Å². The maximum absolute atomic E-state index is 12.0. The molecule has 4 nitrogen and oxygen atoms in total. The first-order valence-electron chi connectivity index (χ1n) is 5.39. The number of nitrogens with one attached hydrogen (secondary N) is 1. The third-order valence-corrected chi connectivity index (χ3v) is 3.75. The minimum absolute atomic E-state index is 0.109. The molecule has 4 unspecified atom stereocenters. The summed E-state index contributed by atoms with van der Waals surface area (Å²) in [6.45, 7) is 0. The molecule has 4 atom stereocenters. The van der Waals surface area contributed by atoms with Crippen LogP contribution in [0.3, 0.4) is 0 Å². The number of alkyl halides is 3. The van der Waals surface area contributed by atoms with Gasteiger partial charge < -0.3 is 10.4 Å². The number of amides is 1. The van der Waals surface area contributed by atoms with Gasteiger partial charge in [0.1, 0.15) is 0 Å². The molecule has 0 saturated heterocycles. The van der Waals surface area contributed by atoms with Gasteiger partial charge in [-0.2, -0.15) is 13.2 Å². The normalized spacial score (nSPS) is 35.9. The lowest BCUT2D eigenvalue weighted by molar-refractivity contribution is -0.175. The predicted octanol–water partition coefficient (Wildman–Crippen LogP) is 1.16. The number of halogens is 3. The summed E-state index contributed by atoms with van der Waals surface area (Å²) >= 11 is 0. The molecule has 0 spiro atoms. The van der Waals surface area contributed by atoms with Gasteiger partial charge in [0.25, 0.3) is 0 Å². The Morgan fingerprint density at radius 2 is 1.82 bits per heavy atom. The third kappa shape index (κ3) is 2.23. The van der Waals surface area contributed by atoms with E-state index in [1.807, 2.05) is 5.32 Å². The van der Waals surface area contributed by atoms with Crippen LogP contribution in [0.15, 0.2) is 0 Å². The second kappa shape index (κ2) is 3.89. The number of carbonyl (C=O) groups is 2. The third-order valence-electron chi connectivity index (χ3n) is 3.75. The summed E-state index contributed by atoms with van der Waals surface area (Å²) in [6.07, 6.45) is -3.53. The Labute approximate surface area is 95.2 Å². The van der Waals surface area contributed by atoms with E-state index < -0.39 is 30.0 Å². The number of fused-ring (bicyclic) bond motifs is 1. The van der Waals surface area contributed by atoms with Crippen LogP contribution in [0.4, 0.5) is 13.2 Å². The molecule has 1 amide bonds. The van der Waals surface area contributed by atoms with Crippen LogP contribution in [0, 0.1) is 17.8 Å². The van der Waals surface area contributed by atoms with Crippen LogP contribution in [0.25, 0.3) is 0 Å². The fourth-order valence-electron chi connectivity index (χ4n) is 2.84. The summed E-state index contributed by atoms with van der Waals surface area (Å²) in [5.74, 6) is -3.27. The van der Waals surface area contributed by atoms with Gasteiger partial charge in [0.15, 0.2) is 0 Å². The van der Waals surface area contributed by atoms with Crippen LogP contribution in [-0.4, -0.2) is 29.2 Å². The fraction of sp³-hybridized carbons (Fsp3) is 0.800. The van der Waals surface area contributed by atoms with Gasteiger partial charge in [-0.15, -0.1) is 0 Å². The highest BCUT2D eigenvalue weighted by Crippen LogP contribution is 2.49. The van der Waals surface area contributed by atoms with E-state index in [0.717, 1.165) is 0 Å². The first-order chi connectivity index (χ1) is 7.79. The molecule has 0 aromatic rings. The van der Waals surface area contributed by atoms with Crippen molar-refractivity contribution in [2.75, 3.05) is 0 Å². The van der Waals surface area contributed by atoms with Crippen molar-refractivity contribution in [2.24, 2.45) is 17.8 Å². The topological polar surface area (TPSA) is 66.4 Å². The van der Waals surface area contributed by atoms with Crippen molar-refractivity contribution in [1.82, 2.24) is 5.32 Å². The molecule has 0 radical (unpaired) electrons. The molecular formula is C10H12F3NO3. The van der Waals surface area contributed by atoms with E-state index in [1.54, 1.807) is 0 Å². The van der Waals surface area contributed by atoms with E-state index in [1.165, 1.54) is 0 Å². The molecule has 0 aliphatic heterocycles. The summed E-state index contributed by atoms with van der Waals surface area (Å²) in [6, 6.07) is -0.515. The van der Waals surface area contributed by atoms with E-state index in [4.69, 9.17) is 5.11 Å². The molecule has 17 heavy (non-hydrogen) atoms. The Kier molecular flexibility index (Phi) is 2.79. The Morgan fingerprint density at radius 1 is 1.18 bits per heavy atom. The van der Waals surface area contributed by atoms with Crippen molar-refractivity contribution in [3.8, 4) is 0 Å². The van der Waals surface area contributed by atoms with Crippen molar-refractivity contribution < 1.29 is 27.9 Å². The minimum Gasteiger partial charge on any atom is -0.481 e. The van der Waals surface area contributed by atoms with Crippen LogP contribution >= 0.6 is 0 Å². The number of carboxylic acid groups (broad SMARTS) is 1. The van der Waals surface area contributed by atoms with Crippen LogP contribution in [-0.2, 0) is 9.59 Å². The van der Waals surface area contributed by atoms with Crippen LogP contribution in [0.5, 0.6) is 0 Å². The van der Waals surface area contributed by atoms with Crippen LogP contribution < -0.4 is 5.32 Å². The van der Waals surface area contributed by atoms with Crippen LogP contribution in [0.2, 0.25) is 0 Å². The molecule has 96 valence electrons. The second-order valence-electron chi connectivity index (χ2n) is 4.74. The fourth-order valence-corrected chi connectivity index (χ4v) is 2.84. The number of carbonyl (C=O) groups excluding carboxylic acids is 1. The van der Waals surface area contributed by atoms with E-state index in [-0.39, 0.29) is 11.8 Å². The van der Waals surface area contributed by atoms with Crippen molar-refractivity contribution in [2.45, 2.75) is 31.5 Å². The zero-order valence-corrected chi connectivity index (χ0v) is 8.83. The number of hydrogen-bond acceptors (Lipinski definition) is 2. The highest BCUT2D eigenvalue weighted by molar-refractivity contribution is 5.82. The lowest BCUT2D eigenvalue weighted by Gasteiger charge is -2.40. The standard InChI is InChI=1S/C10H12F3NO3/c11-10(12,13)9(17)14-7-3-4-1-5(8(15)16)2-6(4)7/h4-7H,1-3H2,(H,14,17)(H,15,16). The van der Waals surface area contributed by atoms with Crippen molar-refractivity contribution in [3.05, 3.63) is 0 Å². The van der Waals surface area contributed by atoms with E-state index in [9.17, 15) is 22.8 Å². The number of carboxylic acids is 1. The Hall–Kier alpha value is -1.27. The summed E-state index contributed by atoms with van der Waals surface area (Å²) in [5.41, 5.74) is 0. The van der Waals surface area contributed by atoms with Gasteiger partial charge in [0.2, 0.25) is 0 Å². The lowest BCUT2D eigenvalue weighted by Crippen LogP contribution is -2.53. The molecule has 0 heterocycles. The van der Waals surface area contributed by atoms with Gasteiger partial charge in [-0.1, -0.05) is 0 Å². The summed E-state index contributed by atoms with van der Waals surface area (Å²) < 4.78 is 36.0. The molecule has 2 N–H and O–H groups in total. The Balaban J connectivity index is 1.88. The van der Waals surface area contributed by atoms with Gasteiger partial charge in [-0.3, -0.25) is 9.59 Å². The van der Waals surface area contributed by atoms with Crippen molar-refractivity contribution >= 4 is 11.9 Å². The molecule has 0 aromatic carbocycles. The average Bonchev–Trinajstić information content (AvgIpc) is 2.50. The maximum atomic E-state index is 12.0. The number of aliphatic carboxylic acids is 1. The molecule has 0 bridgehead atoms. The van der Waals surface area contributed by atoms with Crippen molar-refractivity contribution in [3.63, 3.8) is 0 Å². The van der Waals surface area contributed by atoms with Crippen LogP contribution in [0.1, 0.15) is 19.3 Å². The molecule has 2 rings (SSSR count). The van der Waals surface area contributed by atoms with Gasteiger partial charge in [0, 0.05) is 6.04 Å². The molecular weight excluding hydrogens is 239 g/mol. The minimum atomic E-state index is -4.87. The SMILES string of the molecule is O=C(O)C1CC2CC(NC(=O)C(F)(F)F)C2C1. The zero-order chi connectivity index (χ0) is 12.8.